The molecule has 0 bridgehead atoms. The molecule has 0 N–H and O–H groups in total. The number of rotatable bonds is 8. The van der Waals surface area contributed by atoms with Gasteiger partial charge in [0.15, 0.2) is 0 Å². The maximum absolute atomic E-state index is 2.67. The van der Waals surface area contributed by atoms with Gasteiger partial charge in [-0.2, -0.15) is 0 Å². The van der Waals surface area contributed by atoms with Crippen molar-refractivity contribution in [2.45, 2.75) is 96.1 Å². The first-order chi connectivity index (χ1) is 34.7. The standard InChI is InChI=1S/C67H57NS2/c1-4-16-44(17-5-1)45-30-36-50(37-31-45)68(51-38-32-46(33-39-51)53-24-14-26-56-55-22-11-13-29-62(55)69-64(53)56)52-40-34-47(35-41-52)54-25-15-27-57-58-42-43-61-63(66(58)70-65(54)57)59-23-10-12-28-60(59)67(61,48-18-6-2-7-19-48)49-20-8-3-9-21-49/h2-4,6-8,10-16,18-20,22-25,27-34,36,38-40,42-44,50,56-57,65H,1,5,9,17,21,26,35,37,41H2. The monoisotopic (exact) mass is 939 g/mol. The third-order valence-electron chi connectivity index (χ3n) is 16.9. The molecule has 1 nitrogen and oxygen atoms in total. The van der Waals surface area contributed by atoms with Gasteiger partial charge in [0, 0.05) is 54.6 Å². The van der Waals surface area contributed by atoms with Crippen LogP contribution in [0.4, 0.5) is 5.69 Å². The van der Waals surface area contributed by atoms with E-state index in [1.165, 1.54) is 118 Å². The molecule has 0 fully saturated rings. The highest BCUT2D eigenvalue weighted by molar-refractivity contribution is 8.03. The SMILES string of the molecule is C1=CCCC(C2(c3ccccc3)c3ccccc3-c3c2ccc2c3SC3C(C4=CC=C(N(c5ccc(C6=C7Sc8ccccc8C7CC=C6)cc5)C5C=CC(C6C=CCCC6)=CC5)CC4)=CC=CC23)=C1. The van der Waals surface area contributed by atoms with E-state index in [1.54, 1.807) is 0 Å². The normalized spacial score (nSPS) is 26.5. The lowest BCUT2D eigenvalue weighted by atomic mass is 9.65. The molecule has 6 atom stereocenters. The molecule has 5 aromatic carbocycles. The van der Waals surface area contributed by atoms with E-state index in [-0.39, 0.29) is 11.5 Å². The first-order valence-electron chi connectivity index (χ1n) is 26.0. The van der Waals surface area contributed by atoms with Crippen LogP contribution in [-0.2, 0) is 5.41 Å². The summed E-state index contributed by atoms with van der Waals surface area (Å²) < 4.78 is 0. The van der Waals surface area contributed by atoms with Crippen LogP contribution < -0.4 is 4.90 Å². The Morgan fingerprint density at radius 1 is 0.643 bits per heavy atom. The van der Waals surface area contributed by atoms with Gasteiger partial charge in [-0.3, -0.25) is 0 Å². The molecular formula is C67H57NS2. The van der Waals surface area contributed by atoms with Gasteiger partial charge in [-0.1, -0.05) is 199 Å². The fraction of sp³-hybridized carbons (Fsp3) is 0.224. The maximum atomic E-state index is 2.67. The first-order valence-corrected chi connectivity index (χ1v) is 27.7. The summed E-state index contributed by atoms with van der Waals surface area (Å²) in [5, 5.41) is 0.348. The highest BCUT2D eigenvalue weighted by Gasteiger charge is 2.50. The van der Waals surface area contributed by atoms with E-state index in [2.05, 4.69) is 223 Å². The second-order valence-electron chi connectivity index (χ2n) is 20.5. The third-order valence-corrected chi connectivity index (χ3v) is 19.7. The molecule has 2 aliphatic heterocycles. The van der Waals surface area contributed by atoms with Crippen molar-refractivity contribution < 1.29 is 0 Å². The van der Waals surface area contributed by atoms with Crippen LogP contribution in [0.1, 0.15) is 103 Å². The smallest absolute Gasteiger partial charge is 0.0677 e. The molecule has 5 aromatic rings. The van der Waals surface area contributed by atoms with Gasteiger partial charge in [0.1, 0.15) is 0 Å². The number of benzene rings is 5. The zero-order valence-electron chi connectivity index (χ0n) is 39.6. The Morgan fingerprint density at radius 3 is 2.36 bits per heavy atom. The van der Waals surface area contributed by atoms with Crippen molar-refractivity contribution in [2.24, 2.45) is 5.92 Å². The molecule has 0 spiro atoms. The minimum Gasteiger partial charge on any atom is -0.338 e. The molecule has 7 aliphatic carbocycles. The van der Waals surface area contributed by atoms with E-state index >= 15 is 0 Å². The van der Waals surface area contributed by atoms with Crippen molar-refractivity contribution in [1.82, 2.24) is 0 Å². The van der Waals surface area contributed by atoms with Crippen molar-refractivity contribution >= 4 is 34.8 Å². The minimum absolute atomic E-state index is 0.263. The second kappa shape index (κ2) is 17.5. The zero-order valence-corrected chi connectivity index (χ0v) is 41.3. The largest absolute Gasteiger partial charge is 0.338 e. The summed E-state index contributed by atoms with van der Waals surface area (Å²) in [5.41, 5.74) is 21.2. The summed E-state index contributed by atoms with van der Waals surface area (Å²) in [5.74, 6) is 1.37. The molecule has 6 unspecified atom stereocenters. The van der Waals surface area contributed by atoms with Crippen LogP contribution in [0, 0.1) is 5.92 Å². The second-order valence-corrected chi connectivity index (χ2v) is 22.7. The summed E-state index contributed by atoms with van der Waals surface area (Å²) in [6.07, 6.45) is 46.4. The molecule has 0 saturated heterocycles. The van der Waals surface area contributed by atoms with Crippen LogP contribution in [0.25, 0.3) is 16.7 Å². The van der Waals surface area contributed by atoms with Crippen LogP contribution in [0.5, 0.6) is 0 Å². The molecule has 9 aliphatic rings. The maximum Gasteiger partial charge on any atom is 0.0677 e. The number of nitrogens with zero attached hydrogens (tertiary/aromatic N) is 1. The van der Waals surface area contributed by atoms with E-state index in [1.807, 2.05) is 11.8 Å². The number of fused-ring (bicyclic) bond motifs is 10. The van der Waals surface area contributed by atoms with Gasteiger partial charge in [0.25, 0.3) is 0 Å². The Kier molecular flexibility index (Phi) is 10.7. The third kappa shape index (κ3) is 6.82. The Bertz CT molecular complexity index is 3320. The van der Waals surface area contributed by atoms with E-state index in [4.69, 9.17) is 0 Å². The molecule has 14 rings (SSSR count). The number of allylic oxidation sites excluding steroid dienone is 19. The predicted molar refractivity (Wildman–Crippen MR) is 296 cm³/mol. The minimum atomic E-state index is -0.303. The number of anilines is 1. The quantitative estimate of drug-likeness (QED) is 0.143. The van der Waals surface area contributed by atoms with Gasteiger partial charge in [0.2, 0.25) is 0 Å². The van der Waals surface area contributed by atoms with E-state index in [0.29, 0.717) is 23.0 Å². The first kappa shape index (κ1) is 42.6. The van der Waals surface area contributed by atoms with Gasteiger partial charge in [-0.25, -0.2) is 0 Å². The van der Waals surface area contributed by atoms with Crippen LogP contribution in [0.15, 0.2) is 249 Å². The summed E-state index contributed by atoms with van der Waals surface area (Å²) in [6, 6.07) is 44.6. The van der Waals surface area contributed by atoms with E-state index in [9.17, 15) is 0 Å². The Labute approximate surface area is 423 Å². The lowest BCUT2D eigenvalue weighted by Gasteiger charge is -2.37. The lowest BCUT2D eigenvalue weighted by Crippen LogP contribution is -2.34. The number of hydrogen-bond donors (Lipinski definition) is 0. The fourth-order valence-corrected chi connectivity index (χ4v) is 16.7. The molecule has 0 saturated carbocycles. The van der Waals surface area contributed by atoms with Crippen LogP contribution >= 0.6 is 23.5 Å². The molecule has 342 valence electrons. The Morgan fingerprint density at radius 2 is 1.53 bits per heavy atom. The van der Waals surface area contributed by atoms with Gasteiger partial charge in [-0.05, 0) is 143 Å². The summed E-state index contributed by atoms with van der Waals surface area (Å²) in [4.78, 5) is 7.08. The Balaban J connectivity index is 0.798. The molecule has 2 heterocycles. The number of hydrogen-bond acceptors (Lipinski definition) is 3. The van der Waals surface area contributed by atoms with Crippen molar-refractivity contribution in [2.75, 3.05) is 4.90 Å². The topological polar surface area (TPSA) is 3.24 Å². The molecular weight excluding hydrogens is 883 g/mol. The van der Waals surface area contributed by atoms with Gasteiger partial charge in [0.05, 0.1) is 11.5 Å². The van der Waals surface area contributed by atoms with Gasteiger partial charge < -0.3 is 4.90 Å². The van der Waals surface area contributed by atoms with Gasteiger partial charge >= 0.3 is 0 Å². The zero-order chi connectivity index (χ0) is 46.2. The van der Waals surface area contributed by atoms with E-state index < -0.39 is 0 Å². The molecule has 0 radical (unpaired) electrons. The average molecular weight is 940 g/mol. The predicted octanol–water partition coefficient (Wildman–Crippen LogP) is 17.6. The van der Waals surface area contributed by atoms with Gasteiger partial charge in [-0.15, -0.1) is 11.8 Å². The van der Waals surface area contributed by atoms with E-state index in [0.717, 1.165) is 38.5 Å². The van der Waals surface area contributed by atoms with Crippen molar-refractivity contribution in [3.05, 3.63) is 273 Å². The number of thioether (sulfide) groups is 2. The molecule has 0 aromatic heterocycles. The van der Waals surface area contributed by atoms with Crippen molar-refractivity contribution in [3.63, 3.8) is 0 Å². The van der Waals surface area contributed by atoms with Crippen LogP contribution in [0.3, 0.4) is 0 Å². The highest BCUT2D eigenvalue weighted by Crippen LogP contribution is 2.64. The van der Waals surface area contributed by atoms with Crippen LogP contribution in [0.2, 0.25) is 0 Å². The van der Waals surface area contributed by atoms with Crippen molar-refractivity contribution in [1.29, 1.82) is 0 Å². The molecule has 0 amide bonds. The fourth-order valence-electron chi connectivity index (χ4n) is 13.6. The van der Waals surface area contributed by atoms with Crippen LogP contribution in [-0.4, -0.2) is 11.3 Å². The molecule has 3 heteroatoms. The summed E-state index contributed by atoms with van der Waals surface area (Å²) >= 11 is 4.11. The Hall–Kier alpha value is -6.26. The summed E-state index contributed by atoms with van der Waals surface area (Å²) in [6.45, 7) is 0. The summed E-state index contributed by atoms with van der Waals surface area (Å²) in [7, 11) is 0. The average Bonchev–Trinajstić information content (AvgIpc) is 4.11. The molecule has 70 heavy (non-hydrogen) atoms. The highest BCUT2D eigenvalue weighted by atomic mass is 32.2. The lowest BCUT2D eigenvalue weighted by molar-refractivity contribution is 0.604. The van der Waals surface area contributed by atoms with Crippen molar-refractivity contribution in [3.8, 4) is 11.1 Å².